The highest BCUT2D eigenvalue weighted by Gasteiger charge is 2.27. The van der Waals surface area contributed by atoms with Crippen LogP contribution in [0.1, 0.15) is 5.56 Å². The second-order valence-corrected chi connectivity index (χ2v) is 8.61. The molecule has 1 aliphatic heterocycles. The average molecular weight is 425 g/mol. The van der Waals surface area contributed by atoms with E-state index in [0.29, 0.717) is 32.0 Å². The summed E-state index contributed by atoms with van der Waals surface area (Å²) in [5.41, 5.74) is 1.64. The third-order valence-electron chi connectivity index (χ3n) is 4.29. The Hall–Kier alpha value is -2.13. The predicted octanol–water partition coefficient (Wildman–Crippen LogP) is 2.69. The van der Waals surface area contributed by atoms with E-state index in [2.05, 4.69) is 5.32 Å². The Morgan fingerprint density at radius 3 is 2.61 bits per heavy atom. The fourth-order valence-corrected chi connectivity index (χ4v) is 4.47. The summed E-state index contributed by atoms with van der Waals surface area (Å²) >= 11 is 6.18. The van der Waals surface area contributed by atoms with Gasteiger partial charge in [0.15, 0.2) is 6.61 Å². The molecule has 1 saturated heterocycles. The van der Waals surface area contributed by atoms with E-state index in [0.717, 1.165) is 5.56 Å². The number of amides is 1. The molecule has 1 amide bonds. The fourth-order valence-electron chi connectivity index (χ4n) is 2.74. The van der Waals surface area contributed by atoms with Gasteiger partial charge in [-0.05, 0) is 36.8 Å². The Morgan fingerprint density at radius 1 is 1.21 bits per heavy atom. The number of aryl methyl sites for hydroxylation is 1. The maximum absolute atomic E-state index is 12.7. The highest BCUT2D eigenvalue weighted by Crippen LogP contribution is 2.29. The minimum Gasteiger partial charge on any atom is -0.482 e. The molecule has 1 aliphatic rings. The second-order valence-electron chi connectivity index (χ2n) is 6.26. The lowest BCUT2D eigenvalue weighted by Crippen LogP contribution is -2.40. The van der Waals surface area contributed by atoms with Crippen LogP contribution in [0.25, 0.3) is 0 Å². The van der Waals surface area contributed by atoms with Gasteiger partial charge in [-0.1, -0.05) is 29.8 Å². The van der Waals surface area contributed by atoms with Crippen LogP contribution in [0.4, 0.5) is 5.69 Å². The Kier molecular flexibility index (Phi) is 6.56. The Bertz CT molecular complexity index is 959. The van der Waals surface area contributed by atoms with E-state index in [1.807, 2.05) is 25.1 Å². The number of morpholine rings is 1. The van der Waals surface area contributed by atoms with Crippen molar-refractivity contribution >= 4 is 33.2 Å². The van der Waals surface area contributed by atoms with Crippen LogP contribution in [0.5, 0.6) is 5.75 Å². The van der Waals surface area contributed by atoms with Crippen LogP contribution in [0.15, 0.2) is 47.4 Å². The molecular formula is C19H21ClN2O5S. The maximum Gasteiger partial charge on any atom is 0.262 e. The molecule has 0 radical (unpaired) electrons. The van der Waals surface area contributed by atoms with Crippen LogP contribution in [0, 0.1) is 6.92 Å². The molecule has 0 saturated carbocycles. The van der Waals surface area contributed by atoms with Crippen molar-refractivity contribution in [2.24, 2.45) is 0 Å². The van der Waals surface area contributed by atoms with Gasteiger partial charge in [-0.25, -0.2) is 8.42 Å². The van der Waals surface area contributed by atoms with E-state index >= 15 is 0 Å². The number of anilines is 1. The third kappa shape index (κ3) is 4.82. The second kappa shape index (κ2) is 8.91. The fraction of sp³-hybridized carbons (Fsp3) is 0.316. The quantitative estimate of drug-likeness (QED) is 0.770. The molecule has 7 nitrogen and oxygen atoms in total. The minimum absolute atomic E-state index is 0.0797. The number of carbonyl (C=O) groups excluding carboxylic acids is 1. The maximum atomic E-state index is 12.7. The smallest absolute Gasteiger partial charge is 0.262 e. The topological polar surface area (TPSA) is 84.9 Å². The van der Waals surface area contributed by atoms with Gasteiger partial charge >= 0.3 is 0 Å². The van der Waals surface area contributed by atoms with Gasteiger partial charge in [0.05, 0.1) is 23.1 Å². The molecule has 9 heteroatoms. The van der Waals surface area contributed by atoms with Gasteiger partial charge < -0.3 is 14.8 Å². The van der Waals surface area contributed by atoms with Gasteiger partial charge in [0.25, 0.3) is 5.91 Å². The van der Waals surface area contributed by atoms with E-state index in [4.69, 9.17) is 21.1 Å². The first-order chi connectivity index (χ1) is 13.4. The highest BCUT2D eigenvalue weighted by molar-refractivity contribution is 7.89. The first-order valence-electron chi connectivity index (χ1n) is 8.73. The van der Waals surface area contributed by atoms with Crippen molar-refractivity contribution in [1.82, 2.24) is 4.31 Å². The largest absolute Gasteiger partial charge is 0.482 e. The normalized spacial score (nSPS) is 15.2. The predicted molar refractivity (Wildman–Crippen MR) is 106 cm³/mol. The minimum atomic E-state index is -3.64. The summed E-state index contributed by atoms with van der Waals surface area (Å²) in [5, 5.41) is 2.88. The van der Waals surface area contributed by atoms with Crippen LogP contribution < -0.4 is 10.1 Å². The molecule has 2 aromatic rings. The van der Waals surface area contributed by atoms with Crippen LogP contribution in [0.2, 0.25) is 5.02 Å². The summed E-state index contributed by atoms with van der Waals surface area (Å²) in [6, 6.07) is 11.6. The molecule has 1 N–H and O–H groups in total. The number of hydrogen-bond acceptors (Lipinski definition) is 5. The highest BCUT2D eigenvalue weighted by atomic mass is 35.5. The van der Waals surface area contributed by atoms with Gasteiger partial charge in [0, 0.05) is 18.8 Å². The number of benzene rings is 2. The van der Waals surface area contributed by atoms with E-state index in [1.54, 1.807) is 6.07 Å². The number of ether oxygens (including phenoxy) is 2. The molecule has 2 aromatic carbocycles. The van der Waals surface area contributed by atoms with Crippen molar-refractivity contribution in [3.63, 3.8) is 0 Å². The number of halogens is 1. The van der Waals surface area contributed by atoms with Gasteiger partial charge in [-0.15, -0.1) is 0 Å². The lowest BCUT2D eigenvalue weighted by Gasteiger charge is -2.26. The van der Waals surface area contributed by atoms with Crippen molar-refractivity contribution in [3.05, 3.63) is 53.1 Å². The number of rotatable bonds is 6. The van der Waals surface area contributed by atoms with Crippen molar-refractivity contribution < 1.29 is 22.7 Å². The molecule has 3 rings (SSSR count). The van der Waals surface area contributed by atoms with Crippen molar-refractivity contribution in [2.75, 3.05) is 38.2 Å². The third-order valence-corrected chi connectivity index (χ3v) is 6.48. The van der Waals surface area contributed by atoms with Crippen LogP contribution in [0.3, 0.4) is 0 Å². The summed E-state index contributed by atoms with van der Waals surface area (Å²) < 4.78 is 37.3. The molecule has 28 heavy (non-hydrogen) atoms. The van der Waals surface area contributed by atoms with Gasteiger partial charge in [0.2, 0.25) is 10.0 Å². The zero-order valence-electron chi connectivity index (χ0n) is 15.4. The number of hydrogen-bond donors (Lipinski definition) is 1. The first kappa shape index (κ1) is 20.6. The molecule has 0 bridgehead atoms. The molecule has 0 unspecified atom stereocenters. The number of nitrogens with one attached hydrogen (secondary N) is 1. The number of carbonyl (C=O) groups is 1. The molecule has 150 valence electrons. The molecular weight excluding hydrogens is 404 g/mol. The van der Waals surface area contributed by atoms with Crippen LogP contribution in [-0.2, 0) is 19.6 Å². The molecule has 0 aromatic heterocycles. The average Bonchev–Trinajstić information content (AvgIpc) is 2.69. The zero-order valence-corrected chi connectivity index (χ0v) is 16.9. The molecule has 0 spiro atoms. The summed E-state index contributed by atoms with van der Waals surface area (Å²) in [5.74, 6) is -0.0992. The Balaban J connectivity index is 1.64. The molecule has 0 aliphatic carbocycles. The summed E-state index contributed by atoms with van der Waals surface area (Å²) in [7, 11) is -3.64. The van der Waals surface area contributed by atoms with Crippen LogP contribution in [-0.4, -0.2) is 51.5 Å². The van der Waals surface area contributed by atoms with Gasteiger partial charge in [0.1, 0.15) is 5.75 Å². The zero-order chi connectivity index (χ0) is 20.1. The standard InChI is InChI=1S/C19H21ClN2O5S/c1-14-4-2-3-5-17(14)21-19(23)13-27-18-7-6-15(12-16(18)20)28(24,25)22-8-10-26-11-9-22/h2-7,12H,8-11,13H2,1H3,(H,21,23). The Labute approximate surface area is 169 Å². The van der Waals surface area contributed by atoms with Crippen molar-refractivity contribution in [3.8, 4) is 5.75 Å². The van der Waals surface area contributed by atoms with E-state index in [1.165, 1.54) is 22.5 Å². The lowest BCUT2D eigenvalue weighted by molar-refractivity contribution is -0.118. The van der Waals surface area contributed by atoms with E-state index in [9.17, 15) is 13.2 Å². The van der Waals surface area contributed by atoms with E-state index < -0.39 is 10.0 Å². The molecule has 0 atom stereocenters. The number of para-hydroxylation sites is 1. The number of nitrogens with zero attached hydrogens (tertiary/aromatic N) is 1. The summed E-state index contributed by atoms with van der Waals surface area (Å²) in [6.07, 6.45) is 0. The number of sulfonamides is 1. The molecule has 1 fully saturated rings. The van der Waals surface area contributed by atoms with Crippen molar-refractivity contribution in [2.45, 2.75) is 11.8 Å². The van der Waals surface area contributed by atoms with Crippen molar-refractivity contribution in [1.29, 1.82) is 0 Å². The first-order valence-corrected chi connectivity index (χ1v) is 10.6. The molecule has 1 heterocycles. The summed E-state index contributed by atoms with van der Waals surface area (Å²) in [4.78, 5) is 12.2. The monoisotopic (exact) mass is 424 g/mol. The Morgan fingerprint density at radius 2 is 1.93 bits per heavy atom. The van der Waals surface area contributed by atoms with Gasteiger partial charge in [-0.3, -0.25) is 4.79 Å². The van der Waals surface area contributed by atoms with Gasteiger partial charge in [-0.2, -0.15) is 4.31 Å². The van der Waals surface area contributed by atoms with E-state index in [-0.39, 0.29) is 28.2 Å². The SMILES string of the molecule is Cc1ccccc1NC(=O)COc1ccc(S(=O)(=O)N2CCOCC2)cc1Cl. The summed E-state index contributed by atoms with van der Waals surface area (Å²) in [6.45, 7) is 2.98. The lowest BCUT2D eigenvalue weighted by atomic mass is 10.2. The van der Waals surface area contributed by atoms with Crippen LogP contribution >= 0.6 is 11.6 Å².